The van der Waals surface area contributed by atoms with Gasteiger partial charge in [0.2, 0.25) is 5.91 Å². The molecule has 1 amide bonds. The first-order valence-electron chi connectivity index (χ1n) is 6.53. The first kappa shape index (κ1) is 13.5. The number of aromatic nitrogens is 3. The zero-order valence-corrected chi connectivity index (χ0v) is 12.3. The predicted molar refractivity (Wildman–Crippen MR) is 82.9 cm³/mol. The Bertz CT molecular complexity index is 803. The van der Waals surface area contributed by atoms with Crippen LogP contribution in [-0.2, 0) is 11.3 Å². The highest BCUT2D eigenvalue weighted by molar-refractivity contribution is 7.12. The summed E-state index contributed by atoms with van der Waals surface area (Å²) in [6.45, 7) is 2.39. The zero-order chi connectivity index (χ0) is 14.7. The SMILES string of the molecule is Cc1ccc(C=CC(=O)NCc2nnc3ccccn23)s1. The number of aryl methyl sites for hydroxylation is 1. The third-order valence-electron chi connectivity index (χ3n) is 2.97. The largest absolute Gasteiger partial charge is 0.345 e. The fourth-order valence-electron chi connectivity index (χ4n) is 1.94. The Labute approximate surface area is 126 Å². The summed E-state index contributed by atoms with van der Waals surface area (Å²) in [7, 11) is 0. The Morgan fingerprint density at radius 3 is 3.05 bits per heavy atom. The van der Waals surface area contributed by atoms with Crippen LogP contribution in [0.2, 0.25) is 0 Å². The van der Waals surface area contributed by atoms with E-state index in [-0.39, 0.29) is 5.91 Å². The van der Waals surface area contributed by atoms with Crippen LogP contribution in [0.1, 0.15) is 15.6 Å². The van der Waals surface area contributed by atoms with Gasteiger partial charge in [-0.05, 0) is 37.3 Å². The zero-order valence-electron chi connectivity index (χ0n) is 11.5. The summed E-state index contributed by atoms with van der Waals surface area (Å²) in [4.78, 5) is 14.1. The molecule has 0 atom stereocenters. The van der Waals surface area contributed by atoms with Gasteiger partial charge in [0, 0.05) is 22.0 Å². The van der Waals surface area contributed by atoms with E-state index in [1.165, 1.54) is 11.0 Å². The second-order valence-electron chi connectivity index (χ2n) is 4.54. The van der Waals surface area contributed by atoms with E-state index in [4.69, 9.17) is 0 Å². The quantitative estimate of drug-likeness (QED) is 0.753. The van der Waals surface area contributed by atoms with Crippen LogP contribution in [0, 0.1) is 6.92 Å². The Balaban J connectivity index is 1.62. The van der Waals surface area contributed by atoms with E-state index in [0.717, 1.165) is 10.5 Å². The molecule has 0 fully saturated rings. The molecule has 0 aromatic carbocycles. The number of amides is 1. The van der Waals surface area contributed by atoms with E-state index in [9.17, 15) is 4.79 Å². The van der Waals surface area contributed by atoms with Gasteiger partial charge in [-0.25, -0.2) is 0 Å². The van der Waals surface area contributed by atoms with Crippen LogP contribution in [0.25, 0.3) is 11.7 Å². The summed E-state index contributed by atoms with van der Waals surface area (Å²) < 4.78 is 1.85. The van der Waals surface area contributed by atoms with E-state index in [1.54, 1.807) is 11.3 Å². The van der Waals surface area contributed by atoms with Crippen LogP contribution in [0.4, 0.5) is 0 Å². The minimum Gasteiger partial charge on any atom is -0.345 e. The van der Waals surface area contributed by atoms with Crippen LogP contribution in [0.3, 0.4) is 0 Å². The summed E-state index contributed by atoms with van der Waals surface area (Å²) in [5.41, 5.74) is 0.770. The molecule has 0 spiro atoms. The molecule has 21 heavy (non-hydrogen) atoms. The molecule has 0 saturated heterocycles. The van der Waals surface area contributed by atoms with E-state index < -0.39 is 0 Å². The highest BCUT2D eigenvalue weighted by Gasteiger charge is 2.05. The Hall–Kier alpha value is -2.47. The molecule has 0 aliphatic carbocycles. The Morgan fingerprint density at radius 1 is 1.33 bits per heavy atom. The number of carbonyl (C=O) groups excluding carboxylic acids is 1. The first-order valence-corrected chi connectivity index (χ1v) is 7.35. The Morgan fingerprint density at radius 2 is 2.24 bits per heavy atom. The lowest BCUT2D eigenvalue weighted by Crippen LogP contribution is -2.21. The summed E-state index contributed by atoms with van der Waals surface area (Å²) >= 11 is 1.65. The van der Waals surface area contributed by atoms with E-state index in [0.29, 0.717) is 12.4 Å². The molecule has 3 aromatic heterocycles. The molecular weight excluding hydrogens is 284 g/mol. The molecule has 0 saturated carbocycles. The predicted octanol–water partition coefficient (Wildman–Crippen LogP) is 2.43. The van der Waals surface area contributed by atoms with Crippen molar-refractivity contribution < 1.29 is 4.79 Å². The van der Waals surface area contributed by atoms with Crippen molar-refractivity contribution in [2.45, 2.75) is 13.5 Å². The number of hydrogen-bond acceptors (Lipinski definition) is 4. The topological polar surface area (TPSA) is 59.3 Å². The summed E-state index contributed by atoms with van der Waals surface area (Å²) in [6, 6.07) is 9.70. The number of nitrogens with zero attached hydrogens (tertiary/aromatic N) is 3. The molecule has 3 heterocycles. The van der Waals surface area contributed by atoms with Gasteiger partial charge >= 0.3 is 0 Å². The third kappa shape index (κ3) is 3.17. The van der Waals surface area contributed by atoms with E-state index >= 15 is 0 Å². The lowest BCUT2D eigenvalue weighted by atomic mass is 10.4. The molecule has 1 N–H and O–H groups in total. The van der Waals surface area contributed by atoms with Gasteiger partial charge in [-0.15, -0.1) is 21.5 Å². The fourth-order valence-corrected chi connectivity index (χ4v) is 2.72. The minimum atomic E-state index is -0.145. The van der Waals surface area contributed by atoms with Gasteiger partial charge in [0.05, 0.1) is 6.54 Å². The lowest BCUT2D eigenvalue weighted by molar-refractivity contribution is -0.116. The highest BCUT2D eigenvalue weighted by atomic mass is 32.1. The van der Waals surface area contributed by atoms with Crippen molar-refractivity contribution >= 4 is 29.0 Å². The van der Waals surface area contributed by atoms with Crippen LogP contribution >= 0.6 is 11.3 Å². The molecule has 106 valence electrons. The molecule has 0 bridgehead atoms. The smallest absolute Gasteiger partial charge is 0.244 e. The number of pyridine rings is 1. The molecule has 3 aromatic rings. The van der Waals surface area contributed by atoms with Gasteiger partial charge in [0.15, 0.2) is 11.5 Å². The molecule has 3 rings (SSSR count). The van der Waals surface area contributed by atoms with Crippen molar-refractivity contribution in [1.82, 2.24) is 19.9 Å². The van der Waals surface area contributed by atoms with Crippen molar-refractivity contribution in [2.75, 3.05) is 0 Å². The molecule has 0 radical (unpaired) electrons. The number of thiophene rings is 1. The summed E-state index contributed by atoms with van der Waals surface area (Å²) in [5.74, 6) is 0.563. The number of hydrogen-bond donors (Lipinski definition) is 1. The maximum absolute atomic E-state index is 11.8. The summed E-state index contributed by atoms with van der Waals surface area (Å²) in [5, 5.41) is 10.9. The van der Waals surface area contributed by atoms with Crippen molar-refractivity contribution in [3.8, 4) is 0 Å². The number of rotatable bonds is 4. The standard InChI is InChI=1S/C15H14N4OS/c1-11-5-6-12(21-11)7-8-15(20)16-10-14-18-17-13-4-2-3-9-19(13)14/h2-9H,10H2,1H3,(H,16,20). The van der Waals surface area contributed by atoms with Crippen molar-refractivity contribution in [2.24, 2.45) is 0 Å². The van der Waals surface area contributed by atoms with Crippen LogP contribution in [-0.4, -0.2) is 20.5 Å². The molecule has 0 aliphatic heterocycles. The highest BCUT2D eigenvalue weighted by Crippen LogP contribution is 2.16. The van der Waals surface area contributed by atoms with Gasteiger partial charge in [-0.3, -0.25) is 9.20 Å². The third-order valence-corrected chi connectivity index (χ3v) is 3.93. The minimum absolute atomic E-state index is 0.145. The Kier molecular flexibility index (Phi) is 3.79. The van der Waals surface area contributed by atoms with Gasteiger partial charge in [0.1, 0.15) is 0 Å². The molecule has 0 aliphatic rings. The van der Waals surface area contributed by atoms with Crippen molar-refractivity contribution in [3.05, 3.63) is 58.2 Å². The first-order chi connectivity index (χ1) is 10.2. The number of fused-ring (bicyclic) bond motifs is 1. The molecule has 5 nitrogen and oxygen atoms in total. The van der Waals surface area contributed by atoms with Crippen LogP contribution in [0.5, 0.6) is 0 Å². The average molecular weight is 298 g/mol. The monoisotopic (exact) mass is 298 g/mol. The maximum Gasteiger partial charge on any atom is 0.244 e. The van der Waals surface area contributed by atoms with Gasteiger partial charge < -0.3 is 5.32 Å². The molecule has 6 heteroatoms. The summed E-state index contributed by atoms with van der Waals surface area (Å²) in [6.07, 6.45) is 5.23. The lowest BCUT2D eigenvalue weighted by Gasteiger charge is -2.00. The molecular formula is C15H14N4OS. The normalized spacial score (nSPS) is 11.3. The van der Waals surface area contributed by atoms with Crippen LogP contribution in [0.15, 0.2) is 42.6 Å². The second-order valence-corrected chi connectivity index (χ2v) is 5.86. The van der Waals surface area contributed by atoms with Gasteiger partial charge in [-0.2, -0.15) is 0 Å². The fraction of sp³-hybridized carbons (Fsp3) is 0.133. The maximum atomic E-state index is 11.8. The van der Waals surface area contributed by atoms with E-state index in [1.807, 2.05) is 53.9 Å². The second kappa shape index (κ2) is 5.88. The van der Waals surface area contributed by atoms with Gasteiger partial charge in [-0.1, -0.05) is 6.07 Å². The van der Waals surface area contributed by atoms with Crippen molar-refractivity contribution in [3.63, 3.8) is 0 Å². The van der Waals surface area contributed by atoms with Crippen LogP contribution < -0.4 is 5.32 Å². The van der Waals surface area contributed by atoms with Gasteiger partial charge in [0.25, 0.3) is 0 Å². The molecule has 0 unspecified atom stereocenters. The van der Waals surface area contributed by atoms with E-state index in [2.05, 4.69) is 15.5 Å². The number of carbonyl (C=O) groups is 1. The van der Waals surface area contributed by atoms with Crippen molar-refractivity contribution in [1.29, 1.82) is 0 Å². The average Bonchev–Trinajstić information content (AvgIpc) is 3.09. The number of nitrogens with one attached hydrogen (secondary N) is 1.